The normalized spacial score (nSPS) is 33.3. The number of aryl methyl sites for hydroxylation is 2. The highest BCUT2D eigenvalue weighted by Crippen LogP contribution is 2.70. The minimum atomic E-state index is 0.0767. The Morgan fingerprint density at radius 2 is 2.10 bits per heavy atom. The number of benzene rings is 1. The van der Waals surface area contributed by atoms with Crippen LogP contribution < -0.4 is 5.32 Å². The average Bonchev–Trinajstić information content (AvgIpc) is 3.36. The molecule has 2 heterocycles. The van der Waals surface area contributed by atoms with E-state index >= 15 is 0 Å². The maximum absolute atomic E-state index is 12.4. The van der Waals surface area contributed by atoms with Crippen LogP contribution in [-0.2, 0) is 9.53 Å². The Kier molecular flexibility index (Phi) is 4.81. The van der Waals surface area contributed by atoms with Crippen LogP contribution in [0.25, 0.3) is 5.69 Å². The molecule has 166 valence electrons. The van der Waals surface area contributed by atoms with Gasteiger partial charge in [-0.15, -0.1) is 0 Å². The average molecular weight is 422 g/mol. The number of rotatable bonds is 4. The Labute approximate surface area is 185 Å². The van der Waals surface area contributed by atoms with E-state index < -0.39 is 0 Å². The molecule has 2 saturated carbocycles. The largest absolute Gasteiger partial charge is 0.373 e. The monoisotopic (exact) mass is 421 g/mol. The molecular weight excluding hydrogens is 386 g/mol. The van der Waals surface area contributed by atoms with Crippen LogP contribution >= 0.6 is 0 Å². The SMILES string of the molecule is CCC(=O)N[C@@H]1C(C)(C)[C@@H]2C[C@@H]3[C@@H](c4cccc(-n5nc(C)cc5C)c4)OCCC31C2. The number of ether oxygens (including phenoxy) is 1. The second-order valence-corrected chi connectivity index (χ2v) is 10.6. The first-order valence-corrected chi connectivity index (χ1v) is 11.8. The standard InChI is InChI=1S/C26H35N3O2/c1-6-22(30)27-24-25(4,5)19-14-21-23(31-11-10-26(21,24)15-19)18-8-7-9-20(13-18)29-17(3)12-16(2)28-29/h7-9,12-13,19,21,23-24H,6,10-11,14-15H2,1-5H3,(H,27,30)/t19-,21-,23-,24-,26?/m1/s1. The first kappa shape index (κ1) is 20.7. The van der Waals surface area contributed by atoms with Crippen LogP contribution in [0.15, 0.2) is 30.3 Å². The summed E-state index contributed by atoms with van der Waals surface area (Å²) < 4.78 is 8.48. The van der Waals surface area contributed by atoms with E-state index in [1.165, 1.54) is 18.4 Å². The van der Waals surface area contributed by atoms with Gasteiger partial charge in [0.15, 0.2) is 0 Å². The number of hydrogen-bond donors (Lipinski definition) is 1. The van der Waals surface area contributed by atoms with Crippen molar-refractivity contribution in [3.05, 3.63) is 47.3 Å². The Morgan fingerprint density at radius 1 is 1.29 bits per heavy atom. The number of nitrogens with one attached hydrogen (secondary N) is 1. The molecule has 1 aliphatic heterocycles. The third-order valence-electron chi connectivity index (χ3n) is 8.58. The smallest absolute Gasteiger partial charge is 0.219 e. The highest BCUT2D eigenvalue weighted by atomic mass is 16.5. The summed E-state index contributed by atoms with van der Waals surface area (Å²) in [7, 11) is 0. The van der Waals surface area contributed by atoms with Gasteiger partial charge < -0.3 is 10.1 Å². The summed E-state index contributed by atoms with van der Waals surface area (Å²) in [5.41, 5.74) is 4.76. The van der Waals surface area contributed by atoms with Crippen molar-refractivity contribution in [2.45, 2.75) is 72.4 Å². The van der Waals surface area contributed by atoms with Gasteiger partial charge >= 0.3 is 0 Å². The van der Waals surface area contributed by atoms with E-state index in [1.807, 2.05) is 18.5 Å². The van der Waals surface area contributed by atoms with Gasteiger partial charge in [-0.25, -0.2) is 4.68 Å². The van der Waals surface area contributed by atoms with Crippen LogP contribution in [0.4, 0.5) is 0 Å². The van der Waals surface area contributed by atoms with Crippen LogP contribution in [0.3, 0.4) is 0 Å². The summed E-state index contributed by atoms with van der Waals surface area (Å²) in [6.45, 7) is 11.5. The van der Waals surface area contributed by atoms with E-state index in [9.17, 15) is 4.79 Å². The molecule has 31 heavy (non-hydrogen) atoms. The molecule has 2 aromatic rings. The molecular formula is C26H35N3O2. The number of aromatic nitrogens is 2. The molecule has 5 atom stereocenters. The van der Waals surface area contributed by atoms with Crippen molar-refractivity contribution in [1.82, 2.24) is 15.1 Å². The fraction of sp³-hybridized carbons (Fsp3) is 0.615. The lowest BCUT2D eigenvalue weighted by atomic mass is 9.59. The summed E-state index contributed by atoms with van der Waals surface area (Å²) in [4.78, 5) is 12.4. The molecule has 3 fully saturated rings. The van der Waals surface area contributed by atoms with E-state index in [2.05, 4.69) is 61.5 Å². The van der Waals surface area contributed by atoms with Gasteiger partial charge in [-0.05, 0) is 79.5 Å². The first-order valence-electron chi connectivity index (χ1n) is 11.8. The van der Waals surface area contributed by atoms with Gasteiger partial charge in [0.05, 0.1) is 17.5 Å². The molecule has 1 aromatic carbocycles. The molecule has 1 aromatic heterocycles. The number of fused-ring (bicyclic) bond motifs is 1. The summed E-state index contributed by atoms with van der Waals surface area (Å²) in [5, 5.41) is 8.12. The third kappa shape index (κ3) is 3.07. The maximum Gasteiger partial charge on any atom is 0.219 e. The number of carbonyl (C=O) groups is 1. The molecule has 0 radical (unpaired) electrons. The van der Waals surface area contributed by atoms with Crippen LogP contribution in [0.1, 0.15) is 69.5 Å². The van der Waals surface area contributed by atoms with Gasteiger partial charge in [-0.1, -0.05) is 32.9 Å². The van der Waals surface area contributed by atoms with E-state index in [1.54, 1.807) is 0 Å². The topological polar surface area (TPSA) is 56.2 Å². The van der Waals surface area contributed by atoms with Crippen molar-refractivity contribution in [2.75, 3.05) is 6.61 Å². The molecule has 1 spiro atoms. The third-order valence-corrected chi connectivity index (χ3v) is 8.58. The molecule has 5 nitrogen and oxygen atoms in total. The number of carbonyl (C=O) groups excluding carboxylic acids is 1. The Balaban J connectivity index is 1.50. The number of hydrogen-bond acceptors (Lipinski definition) is 3. The molecule has 1 amide bonds. The quantitative estimate of drug-likeness (QED) is 0.764. The minimum Gasteiger partial charge on any atom is -0.373 e. The Hall–Kier alpha value is -2.14. The molecule has 2 bridgehead atoms. The van der Waals surface area contributed by atoms with E-state index in [-0.39, 0.29) is 28.9 Å². The summed E-state index contributed by atoms with van der Waals surface area (Å²) in [5.74, 6) is 1.24. The molecule has 5 rings (SSSR count). The lowest BCUT2D eigenvalue weighted by Crippen LogP contribution is -2.58. The van der Waals surface area contributed by atoms with Crippen molar-refractivity contribution in [1.29, 1.82) is 0 Å². The van der Waals surface area contributed by atoms with Crippen molar-refractivity contribution >= 4 is 5.91 Å². The van der Waals surface area contributed by atoms with E-state index in [0.717, 1.165) is 30.1 Å². The van der Waals surface area contributed by atoms with Crippen LogP contribution in [-0.4, -0.2) is 28.3 Å². The van der Waals surface area contributed by atoms with Crippen molar-refractivity contribution in [3.63, 3.8) is 0 Å². The molecule has 5 heteroatoms. The van der Waals surface area contributed by atoms with Crippen LogP contribution in [0.2, 0.25) is 0 Å². The number of amides is 1. The maximum atomic E-state index is 12.4. The van der Waals surface area contributed by atoms with Crippen LogP contribution in [0, 0.1) is 36.5 Å². The lowest BCUT2D eigenvalue weighted by molar-refractivity contribution is -0.137. The predicted octanol–water partition coefficient (Wildman–Crippen LogP) is 4.90. The summed E-state index contributed by atoms with van der Waals surface area (Å²) in [6.07, 6.45) is 4.05. The van der Waals surface area contributed by atoms with Crippen LogP contribution in [0.5, 0.6) is 0 Å². The predicted molar refractivity (Wildman–Crippen MR) is 121 cm³/mol. The summed E-state index contributed by atoms with van der Waals surface area (Å²) in [6, 6.07) is 11.0. The first-order chi connectivity index (χ1) is 14.8. The van der Waals surface area contributed by atoms with Gasteiger partial charge in [0.2, 0.25) is 5.91 Å². The zero-order valence-corrected chi connectivity index (χ0v) is 19.4. The Bertz CT molecular complexity index is 1010. The van der Waals surface area contributed by atoms with Gasteiger partial charge in [0, 0.05) is 24.8 Å². The van der Waals surface area contributed by atoms with Gasteiger partial charge in [0.25, 0.3) is 0 Å². The second-order valence-electron chi connectivity index (χ2n) is 10.6. The molecule has 3 aliphatic rings. The van der Waals surface area contributed by atoms with Crippen molar-refractivity contribution < 1.29 is 9.53 Å². The minimum absolute atomic E-state index is 0.0767. The van der Waals surface area contributed by atoms with Gasteiger partial charge in [-0.2, -0.15) is 5.10 Å². The zero-order chi connectivity index (χ0) is 22.0. The van der Waals surface area contributed by atoms with E-state index in [0.29, 0.717) is 18.3 Å². The second kappa shape index (κ2) is 7.19. The molecule has 1 unspecified atom stereocenters. The molecule has 1 saturated heterocycles. The fourth-order valence-electron chi connectivity index (χ4n) is 7.10. The lowest BCUT2D eigenvalue weighted by Gasteiger charge is -2.53. The summed E-state index contributed by atoms with van der Waals surface area (Å²) >= 11 is 0. The zero-order valence-electron chi connectivity index (χ0n) is 19.4. The Morgan fingerprint density at radius 3 is 2.81 bits per heavy atom. The number of nitrogens with zero attached hydrogens (tertiary/aromatic N) is 2. The molecule has 2 aliphatic carbocycles. The van der Waals surface area contributed by atoms with Crippen molar-refractivity contribution in [2.24, 2.45) is 22.7 Å². The van der Waals surface area contributed by atoms with Gasteiger partial charge in [-0.3, -0.25) is 4.79 Å². The molecule has 1 N–H and O–H groups in total. The van der Waals surface area contributed by atoms with E-state index in [4.69, 9.17) is 4.74 Å². The fourth-order valence-corrected chi connectivity index (χ4v) is 7.10. The highest BCUT2D eigenvalue weighted by Gasteiger charge is 2.68. The van der Waals surface area contributed by atoms with Gasteiger partial charge in [0.1, 0.15) is 0 Å². The van der Waals surface area contributed by atoms with Crippen molar-refractivity contribution in [3.8, 4) is 5.69 Å². The highest BCUT2D eigenvalue weighted by molar-refractivity contribution is 5.76.